The van der Waals surface area contributed by atoms with Crippen LogP contribution in [0.15, 0.2) is 79.3 Å². The Bertz CT molecular complexity index is 1010. The summed E-state index contributed by atoms with van der Waals surface area (Å²) in [6.07, 6.45) is 5.86. The van der Waals surface area contributed by atoms with Gasteiger partial charge < -0.3 is 9.72 Å². The molecule has 4 nitrogen and oxygen atoms in total. The van der Waals surface area contributed by atoms with Gasteiger partial charge in [0, 0.05) is 54.7 Å². The molecule has 2 heterocycles. The Labute approximate surface area is 159 Å². The number of fused-ring (bicyclic) bond motifs is 1. The van der Waals surface area contributed by atoms with Crippen molar-refractivity contribution < 1.29 is 4.74 Å². The van der Waals surface area contributed by atoms with Gasteiger partial charge in [0.2, 0.25) is 0 Å². The molecule has 0 unspecified atom stereocenters. The first-order valence-electron chi connectivity index (χ1n) is 9.11. The Morgan fingerprint density at radius 2 is 1.70 bits per heavy atom. The number of hydrogen-bond acceptors (Lipinski definition) is 3. The molecule has 0 saturated carbocycles. The van der Waals surface area contributed by atoms with Gasteiger partial charge in [-0.15, -0.1) is 0 Å². The number of nitrogens with zero attached hydrogens (tertiary/aromatic N) is 2. The number of para-hydroxylation sites is 2. The smallest absolute Gasteiger partial charge is 0.123 e. The van der Waals surface area contributed by atoms with Crippen molar-refractivity contribution in [1.82, 2.24) is 14.9 Å². The number of rotatable bonds is 7. The average molecular weight is 357 g/mol. The first-order valence-corrected chi connectivity index (χ1v) is 9.11. The Kier molecular flexibility index (Phi) is 5.17. The van der Waals surface area contributed by atoms with Crippen LogP contribution in [0.2, 0.25) is 0 Å². The molecule has 0 saturated heterocycles. The van der Waals surface area contributed by atoms with Crippen LogP contribution in [-0.4, -0.2) is 22.0 Å². The van der Waals surface area contributed by atoms with E-state index in [-0.39, 0.29) is 0 Å². The minimum absolute atomic E-state index is 0.804. The van der Waals surface area contributed by atoms with E-state index >= 15 is 0 Å². The highest BCUT2D eigenvalue weighted by Gasteiger charge is 2.13. The van der Waals surface area contributed by atoms with Crippen LogP contribution in [0.5, 0.6) is 5.75 Å². The van der Waals surface area contributed by atoms with Crippen molar-refractivity contribution in [3.63, 3.8) is 0 Å². The summed E-state index contributed by atoms with van der Waals surface area (Å²) in [7, 11) is 1.73. The molecule has 0 aliphatic rings. The van der Waals surface area contributed by atoms with Gasteiger partial charge in [-0.25, -0.2) is 0 Å². The van der Waals surface area contributed by atoms with Gasteiger partial charge in [0.15, 0.2) is 0 Å². The number of ether oxygens (including phenoxy) is 1. The van der Waals surface area contributed by atoms with E-state index in [0.29, 0.717) is 0 Å². The summed E-state index contributed by atoms with van der Waals surface area (Å²) >= 11 is 0. The van der Waals surface area contributed by atoms with E-state index in [1.165, 1.54) is 27.6 Å². The highest BCUT2D eigenvalue weighted by molar-refractivity contribution is 5.82. The van der Waals surface area contributed by atoms with Crippen molar-refractivity contribution in [3.8, 4) is 5.75 Å². The van der Waals surface area contributed by atoms with Gasteiger partial charge in [-0.3, -0.25) is 9.88 Å². The molecule has 0 aliphatic carbocycles. The highest BCUT2D eigenvalue weighted by Crippen LogP contribution is 2.24. The Hall–Kier alpha value is -3.11. The topological polar surface area (TPSA) is 41.1 Å². The number of hydrogen-bond donors (Lipinski definition) is 1. The number of nitrogens with one attached hydrogen (secondary N) is 1. The largest absolute Gasteiger partial charge is 0.496 e. The number of benzene rings is 2. The summed E-state index contributed by atoms with van der Waals surface area (Å²) in [5, 5.41) is 1.27. The number of aromatic nitrogens is 2. The monoisotopic (exact) mass is 357 g/mol. The Morgan fingerprint density at radius 3 is 2.56 bits per heavy atom. The molecule has 4 rings (SSSR count). The SMILES string of the molecule is COc1ccccc1CN(Cc1cccnc1)Cc1c[nH]c2ccccc12. The molecule has 136 valence electrons. The normalized spacial score (nSPS) is 11.2. The second kappa shape index (κ2) is 8.06. The molecule has 0 spiro atoms. The van der Waals surface area contributed by atoms with Gasteiger partial charge >= 0.3 is 0 Å². The minimum atomic E-state index is 0.804. The van der Waals surface area contributed by atoms with Crippen molar-refractivity contribution in [3.05, 3.63) is 95.9 Å². The lowest BCUT2D eigenvalue weighted by Gasteiger charge is -2.23. The van der Waals surface area contributed by atoms with Crippen molar-refractivity contribution in [2.75, 3.05) is 7.11 Å². The summed E-state index contributed by atoms with van der Waals surface area (Å²) in [5.41, 5.74) is 4.85. The van der Waals surface area contributed by atoms with Crippen LogP contribution < -0.4 is 4.74 Å². The van der Waals surface area contributed by atoms with Crippen LogP contribution in [0.3, 0.4) is 0 Å². The predicted octanol–water partition coefficient (Wildman–Crippen LogP) is 4.77. The molecular weight excluding hydrogens is 334 g/mol. The number of H-pyrrole nitrogens is 1. The first-order chi connectivity index (χ1) is 13.3. The Morgan fingerprint density at radius 1 is 0.889 bits per heavy atom. The van der Waals surface area contributed by atoms with Gasteiger partial charge in [-0.1, -0.05) is 42.5 Å². The quantitative estimate of drug-likeness (QED) is 0.518. The third-order valence-electron chi connectivity index (χ3n) is 4.78. The molecule has 4 heteroatoms. The van der Waals surface area contributed by atoms with Crippen molar-refractivity contribution in [2.45, 2.75) is 19.6 Å². The van der Waals surface area contributed by atoms with Gasteiger partial charge in [-0.05, 0) is 29.3 Å². The summed E-state index contributed by atoms with van der Waals surface area (Å²) < 4.78 is 5.56. The lowest BCUT2D eigenvalue weighted by Crippen LogP contribution is -2.22. The van der Waals surface area contributed by atoms with Gasteiger partial charge in [0.05, 0.1) is 7.11 Å². The predicted molar refractivity (Wildman–Crippen MR) is 108 cm³/mol. The van der Waals surface area contributed by atoms with Gasteiger partial charge in [0.25, 0.3) is 0 Å². The van der Waals surface area contributed by atoms with Crippen LogP contribution in [0, 0.1) is 0 Å². The molecule has 0 aliphatic heterocycles. The number of pyridine rings is 1. The summed E-state index contributed by atoms with van der Waals surface area (Å²) in [5.74, 6) is 0.924. The lowest BCUT2D eigenvalue weighted by molar-refractivity contribution is 0.244. The van der Waals surface area contributed by atoms with E-state index in [0.717, 1.165) is 25.4 Å². The molecule has 0 radical (unpaired) electrons. The fourth-order valence-corrected chi connectivity index (χ4v) is 3.50. The van der Waals surface area contributed by atoms with Crippen LogP contribution in [0.1, 0.15) is 16.7 Å². The third kappa shape index (κ3) is 4.01. The van der Waals surface area contributed by atoms with Crippen molar-refractivity contribution in [1.29, 1.82) is 0 Å². The lowest BCUT2D eigenvalue weighted by atomic mass is 10.1. The van der Waals surface area contributed by atoms with Gasteiger partial charge in [-0.2, -0.15) is 0 Å². The van der Waals surface area contributed by atoms with Crippen LogP contribution in [-0.2, 0) is 19.6 Å². The molecule has 0 atom stereocenters. The van der Waals surface area contributed by atoms with Crippen LogP contribution in [0.4, 0.5) is 0 Å². The molecule has 4 aromatic rings. The van der Waals surface area contributed by atoms with Crippen molar-refractivity contribution in [2.24, 2.45) is 0 Å². The summed E-state index contributed by atoms with van der Waals surface area (Å²) in [6.45, 7) is 2.47. The summed E-state index contributed by atoms with van der Waals surface area (Å²) in [4.78, 5) is 10.1. The second-order valence-electron chi connectivity index (χ2n) is 6.68. The first kappa shape index (κ1) is 17.3. The maximum Gasteiger partial charge on any atom is 0.123 e. The zero-order valence-electron chi connectivity index (χ0n) is 15.4. The van der Waals surface area contributed by atoms with Gasteiger partial charge in [0.1, 0.15) is 5.75 Å². The van der Waals surface area contributed by atoms with E-state index in [1.54, 1.807) is 7.11 Å². The molecule has 0 bridgehead atoms. The highest BCUT2D eigenvalue weighted by atomic mass is 16.5. The Balaban J connectivity index is 1.63. The second-order valence-corrected chi connectivity index (χ2v) is 6.68. The zero-order valence-corrected chi connectivity index (χ0v) is 15.4. The maximum atomic E-state index is 5.56. The molecule has 0 amide bonds. The van der Waals surface area contributed by atoms with E-state index in [1.807, 2.05) is 30.6 Å². The molecular formula is C23H23N3O. The summed E-state index contributed by atoms with van der Waals surface area (Å²) in [6, 6.07) is 20.8. The van der Waals surface area contributed by atoms with E-state index in [4.69, 9.17) is 4.74 Å². The van der Waals surface area contributed by atoms with Crippen molar-refractivity contribution >= 4 is 10.9 Å². The number of aromatic amines is 1. The zero-order chi connectivity index (χ0) is 18.5. The van der Waals surface area contributed by atoms with E-state index < -0.39 is 0 Å². The molecule has 1 N–H and O–H groups in total. The number of methoxy groups -OCH3 is 1. The molecule has 27 heavy (non-hydrogen) atoms. The molecule has 2 aromatic carbocycles. The van der Waals surface area contributed by atoms with E-state index in [9.17, 15) is 0 Å². The maximum absolute atomic E-state index is 5.56. The third-order valence-corrected chi connectivity index (χ3v) is 4.78. The average Bonchev–Trinajstić information content (AvgIpc) is 3.12. The van der Waals surface area contributed by atoms with Crippen LogP contribution in [0.25, 0.3) is 10.9 Å². The minimum Gasteiger partial charge on any atom is -0.496 e. The molecule has 0 fully saturated rings. The van der Waals surface area contributed by atoms with E-state index in [2.05, 4.69) is 63.5 Å². The fourth-order valence-electron chi connectivity index (χ4n) is 3.50. The molecule has 2 aromatic heterocycles. The standard InChI is InChI=1S/C23H23N3O/c1-27-23-11-5-2-8-19(23)16-26(15-18-7-6-12-24-13-18)17-20-14-25-22-10-4-3-9-21(20)22/h2-14,25H,15-17H2,1H3. The fraction of sp³-hybridized carbons (Fsp3) is 0.174. The van der Waals surface area contributed by atoms with Crippen LogP contribution >= 0.6 is 0 Å².